The molecular formula is C18H16ClN7O3. The molecule has 0 aromatic carbocycles. The Hall–Kier alpha value is -3.53. The van der Waals surface area contributed by atoms with E-state index in [2.05, 4.69) is 30.7 Å². The molecule has 0 bridgehead atoms. The second-order valence-electron chi connectivity index (χ2n) is 6.19. The number of carbonyl (C=O) groups is 1. The predicted octanol–water partition coefficient (Wildman–Crippen LogP) is 2.30. The lowest BCUT2D eigenvalue weighted by Gasteiger charge is -2.04. The summed E-state index contributed by atoms with van der Waals surface area (Å²) in [5.41, 5.74) is 1.58. The van der Waals surface area contributed by atoms with Gasteiger partial charge in [0.2, 0.25) is 0 Å². The third-order valence-corrected chi connectivity index (χ3v) is 4.33. The van der Waals surface area contributed by atoms with Crippen LogP contribution in [0, 0.1) is 6.92 Å². The summed E-state index contributed by atoms with van der Waals surface area (Å²) in [4.78, 5) is 20.8. The second kappa shape index (κ2) is 8.23. The smallest absolute Gasteiger partial charge is 0.273 e. The van der Waals surface area contributed by atoms with Crippen molar-refractivity contribution in [3.8, 4) is 11.5 Å². The molecule has 1 N–H and O–H groups in total. The van der Waals surface area contributed by atoms with E-state index in [-0.39, 0.29) is 11.6 Å². The van der Waals surface area contributed by atoms with Crippen LogP contribution in [0.25, 0.3) is 11.5 Å². The second-order valence-corrected chi connectivity index (χ2v) is 6.62. The van der Waals surface area contributed by atoms with Gasteiger partial charge in [0.1, 0.15) is 5.76 Å². The van der Waals surface area contributed by atoms with Crippen molar-refractivity contribution in [3.63, 3.8) is 0 Å². The van der Waals surface area contributed by atoms with Gasteiger partial charge in [-0.2, -0.15) is 10.1 Å². The molecule has 0 saturated heterocycles. The Morgan fingerprint density at radius 3 is 2.93 bits per heavy atom. The van der Waals surface area contributed by atoms with Crippen molar-refractivity contribution < 1.29 is 13.8 Å². The number of nitrogens with one attached hydrogen (secondary N) is 1. The zero-order valence-electron chi connectivity index (χ0n) is 15.4. The van der Waals surface area contributed by atoms with Gasteiger partial charge in [0, 0.05) is 37.1 Å². The number of hydrogen-bond donors (Lipinski definition) is 1. The van der Waals surface area contributed by atoms with E-state index in [1.54, 1.807) is 36.3 Å². The summed E-state index contributed by atoms with van der Waals surface area (Å²) < 4.78 is 12.0. The molecule has 29 heavy (non-hydrogen) atoms. The van der Waals surface area contributed by atoms with Crippen molar-refractivity contribution >= 4 is 17.5 Å². The van der Waals surface area contributed by atoms with Gasteiger partial charge < -0.3 is 14.4 Å². The molecule has 4 aromatic heterocycles. The van der Waals surface area contributed by atoms with Gasteiger partial charge in [-0.1, -0.05) is 21.9 Å². The Labute approximate surface area is 169 Å². The van der Waals surface area contributed by atoms with Gasteiger partial charge in [0.05, 0.1) is 23.3 Å². The van der Waals surface area contributed by atoms with E-state index in [1.807, 2.05) is 6.07 Å². The largest absolute Gasteiger partial charge is 0.361 e. The Morgan fingerprint density at radius 1 is 1.28 bits per heavy atom. The lowest BCUT2D eigenvalue weighted by atomic mass is 10.2. The van der Waals surface area contributed by atoms with Crippen molar-refractivity contribution in [2.75, 3.05) is 6.54 Å². The molecule has 4 heterocycles. The molecule has 0 aliphatic rings. The topological polar surface area (TPSA) is 125 Å². The number of hydrogen-bond acceptors (Lipinski definition) is 8. The standard InChI is InChI=1S/C18H16ClN7O3/c1-11-14(10-26-9-13(19)8-22-26)16(25-28-11)17(27)21-6-4-15-23-18(29-24-15)12-3-2-5-20-7-12/h2-3,5,7-9H,4,6,10H2,1H3,(H,21,27). The minimum Gasteiger partial charge on any atom is -0.361 e. The van der Waals surface area contributed by atoms with E-state index in [0.717, 1.165) is 5.56 Å². The molecule has 0 aliphatic carbocycles. The Kier molecular flexibility index (Phi) is 5.34. The maximum atomic E-state index is 12.5. The molecule has 0 unspecified atom stereocenters. The molecule has 0 fully saturated rings. The molecule has 1 amide bonds. The molecule has 0 saturated carbocycles. The van der Waals surface area contributed by atoms with Crippen molar-refractivity contribution in [1.82, 2.24) is 35.4 Å². The number of pyridine rings is 1. The number of aryl methyl sites for hydroxylation is 1. The first-order valence-corrected chi connectivity index (χ1v) is 9.12. The molecule has 148 valence electrons. The highest BCUT2D eigenvalue weighted by molar-refractivity contribution is 6.30. The molecule has 4 aromatic rings. The van der Waals surface area contributed by atoms with Crippen LogP contribution in [-0.2, 0) is 13.0 Å². The third-order valence-electron chi connectivity index (χ3n) is 4.13. The zero-order chi connectivity index (χ0) is 20.2. The zero-order valence-corrected chi connectivity index (χ0v) is 16.1. The third kappa shape index (κ3) is 4.32. The summed E-state index contributed by atoms with van der Waals surface area (Å²) in [5.74, 6) is 1.05. The van der Waals surface area contributed by atoms with Crippen molar-refractivity contribution in [2.24, 2.45) is 0 Å². The van der Waals surface area contributed by atoms with E-state index < -0.39 is 0 Å². The highest BCUT2D eigenvalue weighted by atomic mass is 35.5. The van der Waals surface area contributed by atoms with Crippen LogP contribution in [0.5, 0.6) is 0 Å². The molecule has 10 nitrogen and oxygen atoms in total. The molecule has 4 rings (SSSR count). The highest BCUT2D eigenvalue weighted by Gasteiger charge is 2.20. The fraction of sp³-hybridized carbons (Fsp3) is 0.222. The van der Waals surface area contributed by atoms with E-state index in [4.69, 9.17) is 20.6 Å². The number of rotatable bonds is 7. The number of halogens is 1. The Bertz CT molecular complexity index is 1120. The van der Waals surface area contributed by atoms with Crippen LogP contribution in [0.4, 0.5) is 0 Å². The van der Waals surface area contributed by atoms with E-state index >= 15 is 0 Å². The quantitative estimate of drug-likeness (QED) is 0.489. The minimum absolute atomic E-state index is 0.207. The SMILES string of the molecule is Cc1onc(C(=O)NCCc2noc(-c3cccnc3)n2)c1Cn1cc(Cl)cn1. The molecule has 0 atom stereocenters. The van der Waals surface area contributed by atoms with Gasteiger partial charge in [-0.15, -0.1) is 0 Å². The fourth-order valence-electron chi connectivity index (χ4n) is 2.68. The van der Waals surface area contributed by atoms with Crippen LogP contribution in [-0.4, -0.2) is 42.5 Å². The van der Waals surface area contributed by atoms with Gasteiger partial charge in [-0.3, -0.25) is 14.5 Å². The van der Waals surface area contributed by atoms with Crippen LogP contribution < -0.4 is 5.32 Å². The Balaban J connectivity index is 1.36. The molecule has 0 radical (unpaired) electrons. The summed E-state index contributed by atoms with van der Waals surface area (Å²) in [5, 5.41) is 15.2. The van der Waals surface area contributed by atoms with Crippen molar-refractivity contribution in [3.05, 3.63) is 64.8 Å². The maximum absolute atomic E-state index is 12.5. The molecular weight excluding hydrogens is 398 g/mol. The van der Waals surface area contributed by atoms with Crippen molar-refractivity contribution in [1.29, 1.82) is 0 Å². The lowest BCUT2D eigenvalue weighted by molar-refractivity contribution is 0.0944. The molecule has 11 heteroatoms. The van der Waals surface area contributed by atoms with Crippen LogP contribution >= 0.6 is 11.6 Å². The van der Waals surface area contributed by atoms with Gasteiger partial charge in [0.15, 0.2) is 11.5 Å². The first-order valence-electron chi connectivity index (χ1n) is 8.74. The summed E-state index contributed by atoms with van der Waals surface area (Å²) in [6, 6.07) is 3.61. The number of nitrogens with zero attached hydrogens (tertiary/aromatic N) is 6. The number of carbonyl (C=O) groups excluding carboxylic acids is 1. The molecule has 0 spiro atoms. The van der Waals surface area contributed by atoms with Crippen LogP contribution in [0.15, 0.2) is 46.0 Å². The fourth-order valence-corrected chi connectivity index (χ4v) is 2.83. The Morgan fingerprint density at radius 2 is 2.17 bits per heavy atom. The summed E-state index contributed by atoms with van der Waals surface area (Å²) in [6.45, 7) is 2.37. The van der Waals surface area contributed by atoms with Crippen LogP contribution in [0.1, 0.15) is 27.6 Å². The predicted molar refractivity (Wildman–Crippen MR) is 101 cm³/mol. The van der Waals surface area contributed by atoms with E-state index in [9.17, 15) is 4.79 Å². The van der Waals surface area contributed by atoms with Crippen molar-refractivity contribution in [2.45, 2.75) is 19.9 Å². The van der Waals surface area contributed by atoms with Gasteiger partial charge in [-0.05, 0) is 19.1 Å². The number of amides is 1. The summed E-state index contributed by atoms with van der Waals surface area (Å²) in [6.07, 6.45) is 6.88. The average molecular weight is 414 g/mol. The first-order chi connectivity index (χ1) is 14.1. The highest BCUT2D eigenvalue weighted by Crippen LogP contribution is 2.17. The number of aromatic nitrogens is 6. The van der Waals surface area contributed by atoms with Crippen LogP contribution in [0.2, 0.25) is 5.02 Å². The normalized spacial score (nSPS) is 11.0. The van der Waals surface area contributed by atoms with Crippen LogP contribution in [0.3, 0.4) is 0 Å². The summed E-state index contributed by atoms with van der Waals surface area (Å²) >= 11 is 5.89. The van der Waals surface area contributed by atoms with Gasteiger partial charge >= 0.3 is 0 Å². The minimum atomic E-state index is -0.355. The first kappa shape index (κ1) is 18.8. The summed E-state index contributed by atoms with van der Waals surface area (Å²) in [7, 11) is 0. The van der Waals surface area contributed by atoms with Gasteiger partial charge in [-0.25, -0.2) is 0 Å². The van der Waals surface area contributed by atoms with Gasteiger partial charge in [0.25, 0.3) is 11.8 Å². The maximum Gasteiger partial charge on any atom is 0.273 e. The average Bonchev–Trinajstić information content (AvgIpc) is 3.44. The lowest BCUT2D eigenvalue weighted by Crippen LogP contribution is -2.27. The monoisotopic (exact) mass is 413 g/mol. The molecule has 0 aliphatic heterocycles. The van der Waals surface area contributed by atoms with E-state index in [1.165, 1.54) is 6.20 Å². The van der Waals surface area contributed by atoms with E-state index in [0.29, 0.717) is 47.6 Å².